The van der Waals surface area contributed by atoms with Crippen LogP contribution in [0, 0.1) is 5.92 Å². The van der Waals surface area contributed by atoms with Gasteiger partial charge in [-0.05, 0) is 55.5 Å². The summed E-state index contributed by atoms with van der Waals surface area (Å²) in [7, 11) is 0. The van der Waals surface area contributed by atoms with Gasteiger partial charge in [0.2, 0.25) is 0 Å². The smallest absolute Gasteiger partial charge is 0.308 e. The number of aryl methyl sites for hydroxylation is 1. The summed E-state index contributed by atoms with van der Waals surface area (Å²) in [6.45, 7) is 3.38. The Balaban J connectivity index is 1.90. The van der Waals surface area contributed by atoms with Crippen LogP contribution in [0.1, 0.15) is 59.4 Å². The van der Waals surface area contributed by atoms with Crippen molar-refractivity contribution >= 4 is 17.5 Å². The second-order valence-corrected chi connectivity index (χ2v) is 6.80. The Kier molecular flexibility index (Phi) is 8.08. The molecule has 28 heavy (non-hydrogen) atoms. The van der Waals surface area contributed by atoms with Gasteiger partial charge < -0.3 is 10.5 Å². The summed E-state index contributed by atoms with van der Waals surface area (Å²) in [6, 6.07) is 14.2. The van der Waals surface area contributed by atoms with Gasteiger partial charge in [-0.2, -0.15) is 0 Å². The van der Waals surface area contributed by atoms with Crippen molar-refractivity contribution in [2.75, 3.05) is 6.54 Å². The van der Waals surface area contributed by atoms with Gasteiger partial charge >= 0.3 is 5.97 Å². The summed E-state index contributed by atoms with van der Waals surface area (Å²) < 4.78 is 5.00. The Morgan fingerprint density at radius 2 is 1.57 bits per heavy atom. The normalized spacial score (nSPS) is 11.7. The van der Waals surface area contributed by atoms with Crippen LogP contribution in [0.2, 0.25) is 0 Å². The van der Waals surface area contributed by atoms with E-state index in [1.165, 1.54) is 6.92 Å². The first kappa shape index (κ1) is 21.5. The molecule has 2 aromatic rings. The minimum Gasteiger partial charge on any atom is -0.427 e. The fourth-order valence-corrected chi connectivity index (χ4v) is 3.14. The van der Waals surface area contributed by atoms with E-state index in [1.807, 2.05) is 19.1 Å². The average molecular weight is 381 g/mol. The SMILES string of the molecule is CCC(CCCc1ccc(C(=O)CN)cc1)C(=O)c1ccc(OC(C)=O)cc1. The number of nitrogens with two attached hydrogens (primary N) is 1. The summed E-state index contributed by atoms with van der Waals surface area (Å²) >= 11 is 0. The third-order valence-corrected chi connectivity index (χ3v) is 4.74. The van der Waals surface area contributed by atoms with Crippen molar-refractivity contribution in [1.82, 2.24) is 0 Å². The number of carbonyl (C=O) groups excluding carboxylic acids is 3. The van der Waals surface area contributed by atoms with Crippen molar-refractivity contribution in [3.63, 3.8) is 0 Å². The van der Waals surface area contributed by atoms with Gasteiger partial charge in [0.1, 0.15) is 5.75 Å². The summed E-state index contributed by atoms with van der Waals surface area (Å²) in [5.74, 6) is 0.0564. The maximum Gasteiger partial charge on any atom is 0.308 e. The lowest BCUT2D eigenvalue weighted by Gasteiger charge is -2.14. The predicted octanol–water partition coefficient (Wildman–Crippen LogP) is 3.99. The Morgan fingerprint density at radius 3 is 2.11 bits per heavy atom. The number of hydrogen-bond acceptors (Lipinski definition) is 5. The number of hydrogen-bond donors (Lipinski definition) is 1. The summed E-state index contributed by atoms with van der Waals surface area (Å²) in [4.78, 5) is 35.3. The molecule has 0 fully saturated rings. The zero-order valence-electron chi connectivity index (χ0n) is 16.4. The van der Waals surface area contributed by atoms with Crippen molar-refractivity contribution < 1.29 is 19.1 Å². The molecule has 1 atom stereocenters. The van der Waals surface area contributed by atoms with E-state index in [2.05, 4.69) is 0 Å². The number of rotatable bonds is 10. The van der Waals surface area contributed by atoms with Crippen molar-refractivity contribution in [2.24, 2.45) is 11.7 Å². The molecule has 2 aromatic carbocycles. The lowest BCUT2D eigenvalue weighted by molar-refractivity contribution is -0.131. The topological polar surface area (TPSA) is 86.5 Å². The lowest BCUT2D eigenvalue weighted by atomic mass is 9.89. The van der Waals surface area contributed by atoms with Gasteiger partial charge in [0.05, 0.1) is 6.54 Å². The molecule has 0 radical (unpaired) electrons. The number of benzene rings is 2. The van der Waals surface area contributed by atoms with E-state index in [1.54, 1.807) is 36.4 Å². The number of ether oxygens (including phenoxy) is 1. The first-order valence-electron chi connectivity index (χ1n) is 9.59. The number of Topliss-reactive ketones (excluding diaryl/α,β-unsaturated/α-hetero) is 2. The van der Waals surface area contributed by atoms with Crippen LogP contribution in [0.25, 0.3) is 0 Å². The molecule has 0 aliphatic heterocycles. The van der Waals surface area contributed by atoms with Crippen LogP contribution in [-0.4, -0.2) is 24.1 Å². The van der Waals surface area contributed by atoms with Gasteiger partial charge in [0, 0.05) is 24.0 Å². The van der Waals surface area contributed by atoms with Gasteiger partial charge in [-0.1, -0.05) is 31.2 Å². The molecule has 0 saturated carbocycles. The standard InChI is InChI=1S/C23H27NO4/c1-3-18(23(27)20-11-13-21(14-12-20)28-16(2)25)6-4-5-17-7-9-19(10-8-17)22(26)15-24/h7-14,18H,3-6,15,24H2,1-2H3. The summed E-state index contributed by atoms with van der Waals surface area (Å²) in [5.41, 5.74) is 7.78. The molecule has 0 amide bonds. The Morgan fingerprint density at radius 1 is 0.964 bits per heavy atom. The molecule has 1 unspecified atom stereocenters. The summed E-state index contributed by atoms with van der Waals surface area (Å²) in [6.07, 6.45) is 3.31. The van der Waals surface area contributed by atoms with Gasteiger partial charge in [-0.25, -0.2) is 0 Å². The zero-order valence-corrected chi connectivity index (χ0v) is 16.4. The number of carbonyl (C=O) groups is 3. The quantitative estimate of drug-likeness (QED) is 0.382. The van der Waals surface area contributed by atoms with Crippen LogP contribution in [0.4, 0.5) is 0 Å². The van der Waals surface area contributed by atoms with E-state index in [4.69, 9.17) is 10.5 Å². The number of ketones is 2. The third kappa shape index (κ3) is 6.13. The van der Waals surface area contributed by atoms with Crippen molar-refractivity contribution in [2.45, 2.75) is 39.5 Å². The van der Waals surface area contributed by atoms with E-state index in [0.717, 1.165) is 31.2 Å². The molecule has 5 heteroatoms. The van der Waals surface area contributed by atoms with E-state index in [0.29, 0.717) is 16.9 Å². The van der Waals surface area contributed by atoms with Crippen molar-refractivity contribution in [1.29, 1.82) is 0 Å². The minimum atomic E-state index is -0.383. The first-order valence-corrected chi connectivity index (χ1v) is 9.59. The van der Waals surface area contributed by atoms with E-state index >= 15 is 0 Å². The van der Waals surface area contributed by atoms with E-state index in [9.17, 15) is 14.4 Å². The molecule has 5 nitrogen and oxygen atoms in total. The van der Waals surface area contributed by atoms with Crippen LogP contribution in [0.5, 0.6) is 5.75 Å². The molecule has 2 N–H and O–H groups in total. The highest BCUT2D eigenvalue weighted by Crippen LogP contribution is 2.21. The fraction of sp³-hybridized carbons (Fsp3) is 0.348. The molecule has 0 saturated heterocycles. The van der Waals surface area contributed by atoms with Gasteiger partial charge in [0.15, 0.2) is 11.6 Å². The second kappa shape index (κ2) is 10.5. The molecule has 2 rings (SSSR count). The second-order valence-electron chi connectivity index (χ2n) is 6.80. The van der Waals surface area contributed by atoms with E-state index in [-0.39, 0.29) is 30.0 Å². The molecule has 0 aromatic heterocycles. The van der Waals surface area contributed by atoms with Crippen LogP contribution < -0.4 is 10.5 Å². The highest BCUT2D eigenvalue weighted by atomic mass is 16.5. The minimum absolute atomic E-state index is 0.0154. The number of esters is 1. The van der Waals surface area contributed by atoms with Gasteiger partial charge in [0.25, 0.3) is 0 Å². The monoisotopic (exact) mass is 381 g/mol. The molecule has 0 bridgehead atoms. The van der Waals surface area contributed by atoms with Crippen LogP contribution in [-0.2, 0) is 11.2 Å². The third-order valence-electron chi connectivity index (χ3n) is 4.74. The maximum atomic E-state index is 12.7. The molecule has 0 aliphatic rings. The van der Waals surface area contributed by atoms with Gasteiger partial charge in [-0.3, -0.25) is 14.4 Å². The zero-order chi connectivity index (χ0) is 20.5. The van der Waals surface area contributed by atoms with Crippen molar-refractivity contribution in [3.05, 3.63) is 65.2 Å². The Labute approximate surface area is 165 Å². The first-order chi connectivity index (χ1) is 13.4. The molecule has 148 valence electrons. The highest BCUT2D eigenvalue weighted by Gasteiger charge is 2.18. The largest absolute Gasteiger partial charge is 0.427 e. The Bertz CT molecular complexity index is 810. The molecular formula is C23H27NO4. The molecule has 0 spiro atoms. The lowest BCUT2D eigenvalue weighted by Crippen LogP contribution is -2.14. The average Bonchev–Trinajstić information content (AvgIpc) is 2.71. The maximum absolute atomic E-state index is 12.7. The Hall–Kier alpha value is -2.79. The molecular weight excluding hydrogens is 354 g/mol. The van der Waals surface area contributed by atoms with E-state index < -0.39 is 0 Å². The van der Waals surface area contributed by atoms with Crippen LogP contribution >= 0.6 is 0 Å². The fourth-order valence-electron chi connectivity index (χ4n) is 3.14. The van der Waals surface area contributed by atoms with Crippen LogP contribution in [0.15, 0.2) is 48.5 Å². The highest BCUT2D eigenvalue weighted by molar-refractivity contribution is 5.98. The summed E-state index contributed by atoms with van der Waals surface area (Å²) in [5, 5.41) is 0. The van der Waals surface area contributed by atoms with Crippen molar-refractivity contribution in [3.8, 4) is 5.75 Å². The van der Waals surface area contributed by atoms with Crippen LogP contribution in [0.3, 0.4) is 0 Å². The molecule has 0 heterocycles. The molecule has 0 aliphatic carbocycles. The van der Waals surface area contributed by atoms with Gasteiger partial charge in [-0.15, -0.1) is 0 Å². The predicted molar refractivity (Wildman–Crippen MR) is 109 cm³/mol.